The van der Waals surface area contributed by atoms with E-state index in [0.717, 1.165) is 31.5 Å². The van der Waals surface area contributed by atoms with E-state index in [4.69, 9.17) is 5.26 Å². The molecule has 0 spiro atoms. The van der Waals surface area contributed by atoms with E-state index in [-0.39, 0.29) is 11.3 Å². The predicted octanol–water partition coefficient (Wildman–Crippen LogP) is 3.53. The molecule has 126 valence electrons. The molecule has 1 aromatic rings. The van der Waals surface area contributed by atoms with Crippen molar-refractivity contribution in [3.05, 3.63) is 35.4 Å². The average Bonchev–Trinajstić information content (AvgIpc) is 2.59. The Balaban J connectivity index is 2.05. The summed E-state index contributed by atoms with van der Waals surface area (Å²) in [6.45, 7) is 8.13. The van der Waals surface area contributed by atoms with E-state index in [2.05, 4.69) is 32.9 Å². The van der Waals surface area contributed by atoms with Crippen LogP contribution in [0.15, 0.2) is 24.3 Å². The molecule has 1 fully saturated rings. The van der Waals surface area contributed by atoms with Crippen LogP contribution < -0.4 is 0 Å². The number of hydrogen-bond donors (Lipinski definition) is 0. The summed E-state index contributed by atoms with van der Waals surface area (Å²) in [6.07, 6.45) is 2.54. The van der Waals surface area contributed by atoms with E-state index in [1.54, 1.807) is 12.1 Å². The van der Waals surface area contributed by atoms with E-state index in [0.29, 0.717) is 17.9 Å². The zero-order valence-corrected chi connectivity index (χ0v) is 14.7. The van der Waals surface area contributed by atoms with Gasteiger partial charge in [-0.15, -0.1) is 0 Å². The number of carbonyl (C=O) groups is 1. The lowest BCUT2D eigenvalue weighted by molar-refractivity contribution is -0.136. The Morgan fingerprint density at radius 2 is 1.96 bits per heavy atom. The SMILES string of the molecule is CC(C)(C)[C@@H]1CCCN(C(=O)[C@@H](C#N)Cc2ccc(C#N)cc2)C1. The lowest BCUT2D eigenvalue weighted by Gasteiger charge is -2.40. The lowest BCUT2D eigenvalue weighted by Crippen LogP contribution is -2.46. The number of rotatable bonds is 3. The van der Waals surface area contributed by atoms with Crippen LogP contribution in [0.5, 0.6) is 0 Å². The van der Waals surface area contributed by atoms with Gasteiger partial charge in [-0.3, -0.25) is 4.79 Å². The summed E-state index contributed by atoms with van der Waals surface area (Å²) in [5.41, 5.74) is 1.68. The second-order valence-electron chi connectivity index (χ2n) is 7.68. The van der Waals surface area contributed by atoms with Gasteiger partial charge in [0.25, 0.3) is 0 Å². The summed E-state index contributed by atoms with van der Waals surface area (Å²) in [4.78, 5) is 14.7. The van der Waals surface area contributed by atoms with Crippen LogP contribution in [0.1, 0.15) is 44.7 Å². The van der Waals surface area contributed by atoms with Gasteiger partial charge in [-0.2, -0.15) is 10.5 Å². The van der Waals surface area contributed by atoms with Crippen LogP contribution >= 0.6 is 0 Å². The van der Waals surface area contributed by atoms with Gasteiger partial charge in [0.2, 0.25) is 5.91 Å². The Morgan fingerprint density at radius 1 is 1.29 bits per heavy atom. The number of carbonyl (C=O) groups excluding carboxylic acids is 1. The van der Waals surface area contributed by atoms with Gasteiger partial charge >= 0.3 is 0 Å². The van der Waals surface area contributed by atoms with Crippen molar-refractivity contribution in [2.75, 3.05) is 13.1 Å². The first-order valence-electron chi connectivity index (χ1n) is 8.52. The van der Waals surface area contributed by atoms with Crippen LogP contribution in [0.3, 0.4) is 0 Å². The molecular weight excluding hydrogens is 298 g/mol. The number of nitriles is 2. The molecule has 1 saturated heterocycles. The maximum absolute atomic E-state index is 12.8. The van der Waals surface area contributed by atoms with E-state index in [1.165, 1.54) is 0 Å². The van der Waals surface area contributed by atoms with Gasteiger partial charge in [-0.05, 0) is 48.3 Å². The van der Waals surface area contributed by atoms with Gasteiger partial charge in [-0.25, -0.2) is 0 Å². The first-order chi connectivity index (χ1) is 11.3. The monoisotopic (exact) mass is 323 g/mol. The number of amides is 1. The topological polar surface area (TPSA) is 67.9 Å². The van der Waals surface area contributed by atoms with Gasteiger partial charge in [0.1, 0.15) is 5.92 Å². The maximum atomic E-state index is 12.8. The Labute approximate surface area is 144 Å². The summed E-state index contributed by atoms with van der Waals surface area (Å²) in [5, 5.41) is 18.3. The third-order valence-corrected chi connectivity index (χ3v) is 4.93. The molecule has 1 aromatic carbocycles. The molecule has 0 saturated carbocycles. The fourth-order valence-corrected chi connectivity index (χ4v) is 3.24. The molecule has 0 aliphatic carbocycles. The Morgan fingerprint density at radius 3 is 2.50 bits per heavy atom. The Hall–Kier alpha value is -2.33. The van der Waals surface area contributed by atoms with Crippen molar-refractivity contribution in [3.63, 3.8) is 0 Å². The van der Waals surface area contributed by atoms with Crippen LogP contribution in [0.4, 0.5) is 0 Å². The van der Waals surface area contributed by atoms with Gasteiger partial charge in [0.05, 0.1) is 17.7 Å². The summed E-state index contributed by atoms with van der Waals surface area (Å²) >= 11 is 0. The maximum Gasteiger partial charge on any atom is 0.240 e. The molecule has 2 atom stereocenters. The molecule has 1 aliphatic heterocycles. The Bertz CT molecular complexity index is 658. The van der Waals surface area contributed by atoms with Crippen LogP contribution in [0.25, 0.3) is 0 Å². The molecule has 0 N–H and O–H groups in total. The van der Waals surface area contributed by atoms with Crippen LogP contribution in [0.2, 0.25) is 0 Å². The smallest absolute Gasteiger partial charge is 0.240 e. The van der Waals surface area contributed by atoms with Crippen molar-refractivity contribution in [1.82, 2.24) is 4.90 Å². The highest BCUT2D eigenvalue weighted by Crippen LogP contribution is 2.33. The van der Waals surface area contributed by atoms with Crippen LogP contribution in [-0.2, 0) is 11.2 Å². The minimum absolute atomic E-state index is 0.0594. The standard InChI is InChI=1S/C20H25N3O/c1-20(2,3)18-5-4-10-23(14-18)19(24)17(13-22)11-15-6-8-16(12-21)9-7-15/h6-9,17-18H,4-5,10-11,14H2,1-3H3/t17-,18-/m1/s1. The highest BCUT2D eigenvalue weighted by molar-refractivity contribution is 5.81. The number of hydrogen-bond acceptors (Lipinski definition) is 3. The highest BCUT2D eigenvalue weighted by Gasteiger charge is 2.33. The van der Waals surface area contributed by atoms with E-state index < -0.39 is 5.92 Å². The molecular formula is C20H25N3O. The molecule has 0 aromatic heterocycles. The fourth-order valence-electron chi connectivity index (χ4n) is 3.24. The molecule has 1 amide bonds. The Kier molecular flexibility index (Phi) is 5.62. The highest BCUT2D eigenvalue weighted by atomic mass is 16.2. The summed E-state index contributed by atoms with van der Waals surface area (Å²) in [7, 11) is 0. The van der Waals surface area contributed by atoms with E-state index in [9.17, 15) is 10.1 Å². The van der Waals surface area contributed by atoms with Crippen molar-refractivity contribution in [3.8, 4) is 12.1 Å². The quantitative estimate of drug-likeness (QED) is 0.854. The average molecular weight is 323 g/mol. The van der Waals surface area contributed by atoms with Crippen molar-refractivity contribution in [1.29, 1.82) is 10.5 Å². The minimum atomic E-state index is -0.656. The molecule has 0 bridgehead atoms. The van der Waals surface area contributed by atoms with E-state index in [1.807, 2.05) is 17.0 Å². The first kappa shape index (κ1) is 18.0. The van der Waals surface area contributed by atoms with Gasteiger partial charge < -0.3 is 4.90 Å². The van der Waals surface area contributed by atoms with Gasteiger partial charge in [0, 0.05) is 13.1 Å². The molecule has 4 nitrogen and oxygen atoms in total. The molecule has 1 heterocycles. The molecule has 1 aliphatic rings. The largest absolute Gasteiger partial charge is 0.341 e. The van der Waals surface area contributed by atoms with Crippen molar-refractivity contribution >= 4 is 5.91 Å². The van der Waals surface area contributed by atoms with Crippen molar-refractivity contribution < 1.29 is 4.79 Å². The third-order valence-electron chi connectivity index (χ3n) is 4.93. The minimum Gasteiger partial charge on any atom is -0.341 e. The number of likely N-dealkylation sites (tertiary alicyclic amines) is 1. The van der Waals surface area contributed by atoms with Gasteiger partial charge in [0.15, 0.2) is 0 Å². The molecule has 4 heteroatoms. The molecule has 2 rings (SSSR count). The summed E-state index contributed by atoms with van der Waals surface area (Å²) in [5.74, 6) is -0.239. The first-order valence-corrected chi connectivity index (χ1v) is 8.52. The molecule has 24 heavy (non-hydrogen) atoms. The normalized spacial score (nSPS) is 19.2. The fraction of sp³-hybridized carbons (Fsp3) is 0.550. The number of piperidine rings is 1. The zero-order chi connectivity index (χ0) is 17.7. The predicted molar refractivity (Wildman–Crippen MR) is 92.7 cm³/mol. The molecule has 0 radical (unpaired) electrons. The summed E-state index contributed by atoms with van der Waals surface area (Å²) in [6, 6.07) is 11.3. The lowest BCUT2D eigenvalue weighted by atomic mass is 9.76. The van der Waals surface area contributed by atoms with Gasteiger partial charge in [-0.1, -0.05) is 32.9 Å². The molecule has 0 unspecified atom stereocenters. The summed E-state index contributed by atoms with van der Waals surface area (Å²) < 4.78 is 0. The zero-order valence-electron chi connectivity index (χ0n) is 14.7. The van der Waals surface area contributed by atoms with Crippen molar-refractivity contribution in [2.24, 2.45) is 17.3 Å². The number of benzene rings is 1. The third kappa shape index (κ3) is 4.36. The van der Waals surface area contributed by atoms with E-state index >= 15 is 0 Å². The second kappa shape index (κ2) is 7.49. The van der Waals surface area contributed by atoms with Crippen LogP contribution in [-0.4, -0.2) is 23.9 Å². The second-order valence-corrected chi connectivity index (χ2v) is 7.68. The van der Waals surface area contributed by atoms with Crippen LogP contribution in [0, 0.1) is 39.9 Å². The van der Waals surface area contributed by atoms with Crippen molar-refractivity contribution in [2.45, 2.75) is 40.0 Å². The number of nitrogens with zero attached hydrogens (tertiary/aromatic N) is 3.